The largest absolute Gasteiger partial charge is 0.478 e. The number of aromatic carboxylic acids is 1. The zero-order chi connectivity index (χ0) is 26.9. The number of nitrogens with zero attached hydrogens (tertiary/aromatic N) is 4. The molecule has 2 N–H and O–H groups in total. The molecule has 2 heterocycles. The summed E-state index contributed by atoms with van der Waals surface area (Å²) in [6, 6.07) is 10.6. The summed E-state index contributed by atoms with van der Waals surface area (Å²) in [7, 11) is 0.508. The number of hydrogen-bond acceptors (Lipinski definition) is 5. The van der Waals surface area contributed by atoms with Gasteiger partial charge in [-0.2, -0.15) is 5.10 Å². The van der Waals surface area contributed by atoms with E-state index in [-0.39, 0.29) is 16.8 Å². The van der Waals surface area contributed by atoms with Crippen molar-refractivity contribution in [2.45, 2.75) is 45.4 Å². The summed E-state index contributed by atoms with van der Waals surface area (Å²) in [6.07, 6.45) is 1.74. The first-order valence-electron chi connectivity index (χ1n) is 12.0. The number of hydrogen-bond donors (Lipinski definition) is 2. The van der Waals surface area contributed by atoms with Gasteiger partial charge < -0.3 is 19.7 Å². The number of halogens is 2. The Balaban J connectivity index is 1.66. The van der Waals surface area contributed by atoms with Crippen molar-refractivity contribution in [3.63, 3.8) is 0 Å². The van der Waals surface area contributed by atoms with E-state index >= 15 is 4.39 Å². The number of fused-ring (bicyclic) bond motifs is 1. The predicted molar refractivity (Wildman–Crippen MR) is 148 cm³/mol. The fraction of sp³-hybridized carbons (Fsp3) is 0.346. The summed E-state index contributed by atoms with van der Waals surface area (Å²) in [5, 5.41) is 17.7. The summed E-state index contributed by atoms with van der Waals surface area (Å²) < 4.78 is 25.0. The minimum absolute atomic E-state index is 0.0446. The fourth-order valence-corrected chi connectivity index (χ4v) is 5.18. The highest BCUT2D eigenvalue weighted by molar-refractivity contribution is 9.10. The van der Waals surface area contributed by atoms with E-state index in [9.17, 15) is 9.90 Å². The van der Waals surface area contributed by atoms with Crippen molar-refractivity contribution in [2.75, 3.05) is 11.9 Å². The van der Waals surface area contributed by atoms with E-state index in [1.165, 1.54) is 10.7 Å². The van der Waals surface area contributed by atoms with Gasteiger partial charge in [0, 0.05) is 43.1 Å². The number of carboxylic acids is 1. The molecule has 1 unspecified atom stereocenters. The fourth-order valence-electron chi connectivity index (χ4n) is 4.09. The highest BCUT2D eigenvalue weighted by Crippen LogP contribution is 2.33. The predicted octanol–water partition coefficient (Wildman–Crippen LogP) is 6.19. The van der Waals surface area contributed by atoms with Gasteiger partial charge >= 0.3 is 5.97 Å². The van der Waals surface area contributed by atoms with E-state index in [1.807, 2.05) is 22.8 Å². The van der Waals surface area contributed by atoms with Gasteiger partial charge in [-0.15, -0.1) is 0 Å². The lowest BCUT2D eigenvalue weighted by Gasteiger charge is -2.20. The van der Waals surface area contributed by atoms with Gasteiger partial charge in [0.15, 0.2) is 0 Å². The Labute approximate surface area is 224 Å². The van der Waals surface area contributed by atoms with Crippen LogP contribution in [0.1, 0.15) is 33.4 Å². The second-order valence-corrected chi connectivity index (χ2v) is 16.8. The minimum atomic E-state index is -1.16. The third-order valence-corrected chi connectivity index (χ3v) is 8.48. The van der Waals surface area contributed by atoms with Crippen LogP contribution in [0.5, 0.6) is 0 Å². The highest BCUT2D eigenvalue weighted by atomic mass is 79.9. The Bertz CT molecular complexity index is 1450. The number of imidazole rings is 1. The molecule has 11 heteroatoms. The Morgan fingerprint density at radius 2 is 2.00 bits per heavy atom. The summed E-state index contributed by atoms with van der Waals surface area (Å²) in [5.41, 5.74) is 3.34. The number of carbonyl (C=O) groups is 1. The highest BCUT2D eigenvalue weighted by Gasteiger charge is 2.29. The number of ether oxygens (including phenoxy) is 1. The maximum Gasteiger partial charge on any atom is 0.339 e. The van der Waals surface area contributed by atoms with E-state index in [1.54, 1.807) is 32.4 Å². The molecule has 0 spiro atoms. The second kappa shape index (κ2) is 10.8. The molecule has 8 nitrogen and oxygen atoms in total. The molecule has 2 aromatic carbocycles. The second-order valence-electron chi connectivity index (χ2n) is 10.3. The summed E-state index contributed by atoms with van der Waals surface area (Å²) >= 11 is 3.29. The molecule has 0 amide bonds. The monoisotopic (exact) mass is 587 g/mol. The van der Waals surface area contributed by atoms with Gasteiger partial charge in [-0.25, -0.2) is 14.2 Å². The van der Waals surface area contributed by atoms with Gasteiger partial charge in [0.25, 0.3) is 0 Å². The standard InChI is InChI=1S/C26H31BrFN5O3Si/c1-16-23(26(34)35)25(31-32(16)2)24(19-8-6-17(27)12-20(19)28)30-18-7-9-22-21(13-18)29-14-33(22)15-36-10-11-37(3,4)5/h6-9,12-14,24,30H,10-11,15H2,1-5H3,(H,34,35). The molecule has 0 aliphatic heterocycles. The molecule has 0 saturated heterocycles. The van der Waals surface area contributed by atoms with Gasteiger partial charge in [-0.05, 0) is 43.3 Å². The van der Waals surface area contributed by atoms with Crippen LogP contribution in [-0.2, 0) is 18.5 Å². The molecule has 0 aliphatic rings. The average Bonchev–Trinajstić information content (AvgIpc) is 3.34. The van der Waals surface area contributed by atoms with E-state index in [0.29, 0.717) is 29.2 Å². The zero-order valence-corrected chi connectivity index (χ0v) is 24.1. The first kappa shape index (κ1) is 27.0. The normalized spacial score (nSPS) is 12.7. The summed E-state index contributed by atoms with van der Waals surface area (Å²) in [6.45, 7) is 9.75. The molecular weight excluding hydrogens is 557 g/mol. The number of aryl methyl sites for hydroxylation is 1. The number of rotatable bonds is 10. The van der Waals surface area contributed by atoms with E-state index < -0.39 is 25.9 Å². The molecule has 0 aliphatic carbocycles. The molecule has 0 fully saturated rings. The first-order valence-corrected chi connectivity index (χ1v) is 16.5. The van der Waals surface area contributed by atoms with E-state index in [2.05, 4.69) is 51.0 Å². The quantitative estimate of drug-likeness (QED) is 0.170. The maximum absolute atomic E-state index is 15.1. The zero-order valence-electron chi connectivity index (χ0n) is 21.5. The third-order valence-electron chi connectivity index (χ3n) is 6.28. The van der Waals surface area contributed by atoms with Crippen LogP contribution in [-0.4, -0.2) is 45.1 Å². The smallest absolute Gasteiger partial charge is 0.339 e. The van der Waals surface area contributed by atoms with Gasteiger partial charge in [-0.3, -0.25) is 4.68 Å². The van der Waals surface area contributed by atoms with Crippen molar-refractivity contribution in [3.05, 3.63) is 75.5 Å². The molecule has 37 heavy (non-hydrogen) atoms. The lowest BCUT2D eigenvalue weighted by molar-refractivity contribution is 0.0694. The third kappa shape index (κ3) is 6.11. The molecule has 0 radical (unpaired) electrons. The molecule has 0 saturated carbocycles. The van der Waals surface area contributed by atoms with Crippen molar-refractivity contribution >= 4 is 46.7 Å². The molecule has 4 rings (SSSR count). The van der Waals surface area contributed by atoms with Crippen LogP contribution >= 0.6 is 15.9 Å². The molecular formula is C26H31BrFN5O3Si. The van der Waals surface area contributed by atoms with Gasteiger partial charge in [0.2, 0.25) is 0 Å². The number of anilines is 1. The van der Waals surface area contributed by atoms with Crippen LogP contribution in [0.2, 0.25) is 25.7 Å². The number of nitrogens with one attached hydrogen (secondary N) is 1. The lowest BCUT2D eigenvalue weighted by atomic mass is 9.98. The topological polar surface area (TPSA) is 94.2 Å². The molecule has 0 bridgehead atoms. The molecule has 1 atom stereocenters. The Morgan fingerprint density at radius 1 is 1.24 bits per heavy atom. The minimum Gasteiger partial charge on any atom is -0.478 e. The van der Waals surface area contributed by atoms with Crippen LogP contribution in [0.3, 0.4) is 0 Å². The van der Waals surface area contributed by atoms with Crippen LogP contribution in [0.25, 0.3) is 11.0 Å². The Hall–Kier alpha value is -3.02. The van der Waals surface area contributed by atoms with Crippen LogP contribution in [0, 0.1) is 12.7 Å². The van der Waals surface area contributed by atoms with Crippen LogP contribution in [0.4, 0.5) is 10.1 Å². The molecule has 4 aromatic rings. The molecule has 2 aromatic heterocycles. The van der Waals surface area contributed by atoms with E-state index in [4.69, 9.17) is 4.74 Å². The van der Waals surface area contributed by atoms with Crippen molar-refractivity contribution in [2.24, 2.45) is 7.05 Å². The SMILES string of the molecule is Cc1c(C(=O)O)c(C(Nc2ccc3c(c2)ncn3COCC[Si](C)(C)C)c2ccc(Br)cc2F)nn1C. The van der Waals surface area contributed by atoms with Gasteiger partial charge in [0.05, 0.1) is 23.4 Å². The van der Waals surface area contributed by atoms with Gasteiger partial charge in [0.1, 0.15) is 23.8 Å². The molecule has 196 valence electrons. The van der Waals surface area contributed by atoms with Crippen molar-refractivity contribution in [1.29, 1.82) is 0 Å². The first-order chi connectivity index (χ1) is 17.4. The Kier molecular flexibility index (Phi) is 7.86. The van der Waals surface area contributed by atoms with Crippen molar-refractivity contribution < 1.29 is 19.0 Å². The van der Waals surface area contributed by atoms with Crippen molar-refractivity contribution in [3.8, 4) is 0 Å². The van der Waals surface area contributed by atoms with Crippen LogP contribution < -0.4 is 5.32 Å². The summed E-state index contributed by atoms with van der Waals surface area (Å²) in [5.74, 6) is -1.60. The van der Waals surface area contributed by atoms with Crippen molar-refractivity contribution in [1.82, 2.24) is 19.3 Å². The Morgan fingerprint density at radius 3 is 2.68 bits per heavy atom. The lowest BCUT2D eigenvalue weighted by Crippen LogP contribution is -2.21. The van der Waals surface area contributed by atoms with E-state index in [0.717, 1.165) is 17.1 Å². The van der Waals surface area contributed by atoms with Crippen LogP contribution in [0.15, 0.2) is 47.2 Å². The number of aromatic nitrogens is 4. The number of carboxylic acid groups (broad SMARTS) is 1. The maximum atomic E-state index is 15.1. The van der Waals surface area contributed by atoms with Gasteiger partial charge in [-0.1, -0.05) is 41.6 Å². The average molecular weight is 589 g/mol. The number of benzene rings is 2. The summed E-state index contributed by atoms with van der Waals surface area (Å²) in [4.78, 5) is 16.6.